The van der Waals surface area contributed by atoms with Gasteiger partial charge in [0, 0.05) is 17.9 Å². The maximum atomic E-state index is 13.4. The Hall–Kier alpha value is -1.71. The summed E-state index contributed by atoms with van der Waals surface area (Å²) in [5.41, 5.74) is 0.423. The molecule has 4 heteroatoms. The zero-order valence-corrected chi connectivity index (χ0v) is 12.3. The molecule has 1 aliphatic rings. The van der Waals surface area contributed by atoms with Gasteiger partial charge in [0.15, 0.2) is 11.9 Å². The van der Waals surface area contributed by atoms with E-state index >= 15 is 0 Å². The van der Waals surface area contributed by atoms with Crippen molar-refractivity contribution < 1.29 is 18.7 Å². The number of carbonyl (C=O) groups is 2. The zero-order chi connectivity index (χ0) is 15.2. The van der Waals surface area contributed by atoms with E-state index in [1.165, 1.54) is 18.2 Å². The van der Waals surface area contributed by atoms with Crippen molar-refractivity contribution in [2.75, 3.05) is 0 Å². The second-order valence-electron chi connectivity index (χ2n) is 5.52. The standard InChI is InChI=1S/C17H21FO3/c1-2-15(19)21-17(13-9-6-10-14(18)11-13)16(20)12-7-4-3-5-8-12/h6,9-12,17H,2-5,7-8H2,1H3/t17-/m0/s1. The Morgan fingerprint density at radius 3 is 2.62 bits per heavy atom. The molecule has 114 valence electrons. The molecular weight excluding hydrogens is 271 g/mol. The summed E-state index contributed by atoms with van der Waals surface area (Å²) < 4.78 is 18.7. The van der Waals surface area contributed by atoms with Crippen molar-refractivity contribution in [2.24, 2.45) is 5.92 Å². The highest BCUT2D eigenvalue weighted by Gasteiger charge is 2.32. The van der Waals surface area contributed by atoms with Crippen molar-refractivity contribution >= 4 is 11.8 Å². The summed E-state index contributed by atoms with van der Waals surface area (Å²) >= 11 is 0. The SMILES string of the molecule is CCC(=O)O[C@H](C(=O)C1CCCCC1)c1cccc(F)c1. The van der Waals surface area contributed by atoms with Crippen LogP contribution in [0.5, 0.6) is 0 Å². The van der Waals surface area contributed by atoms with Crippen LogP contribution in [-0.4, -0.2) is 11.8 Å². The van der Waals surface area contributed by atoms with Gasteiger partial charge in [-0.15, -0.1) is 0 Å². The van der Waals surface area contributed by atoms with Crippen LogP contribution in [0.1, 0.15) is 57.1 Å². The summed E-state index contributed by atoms with van der Waals surface area (Å²) in [5.74, 6) is -1.05. The second kappa shape index (κ2) is 7.34. The Balaban J connectivity index is 2.22. The van der Waals surface area contributed by atoms with Gasteiger partial charge in [-0.3, -0.25) is 9.59 Å². The smallest absolute Gasteiger partial charge is 0.306 e. The summed E-state index contributed by atoms with van der Waals surface area (Å²) in [4.78, 5) is 24.3. The zero-order valence-electron chi connectivity index (χ0n) is 12.3. The predicted octanol–water partition coefficient (Wildman–Crippen LogP) is 3.97. The molecule has 21 heavy (non-hydrogen) atoms. The highest BCUT2D eigenvalue weighted by atomic mass is 19.1. The summed E-state index contributed by atoms with van der Waals surface area (Å²) in [5, 5.41) is 0. The average Bonchev–Trinajstić information content (AvgIpc) is 2.52. The molecule has 1 aromatic rings. The highest BCUT2D eigenvalue weighted by Crippen LogP contribution is 2.31. The monoisotopic (exact) mass is 292 g/mol. The van der Waals surface area contributed by atoms with Crippen LogP contribution in [0.15, 0.2) is 24.3 Å². The van der Waals surface area contributed by atoms with Gasteiger partial charge in [-0.25, -0.2) is 4.39 Å². The van der Waals surface area contributed by atoms with E-state index in [-0.39, 0.29) is 18.1 Å². The maximum absolute atomic E-state index is 13.4. The van der Waals surface area contributed by atoms with Gasteiger partial charge in [0.25, 0.3) is 0 Å². The third-order valence-corrected chi connectivity index (χ3v) is 3.96. The van der Waals surface area contributed by atoms with E-state index in [1.807, 2.05) is 0 Å². The fourth-order valence-corrected chi connectivity index (χ4v) is 2.78. The molecule has 0 unspecified atom stereocenters. The van der Waals surface area contributed by atoms with Crippen molar-refractivity contribution in [2.45, 2.75) is 51.6 Å². The Morgan fingerprint density at radius 1 is 1.29 bits per heavy atom. The third kappa shape index (κ3) is 4.13. The molecule has 3 nitrogen and oxygen atoms in total. The van der Waals surface area contributed by atoms with Gasteiger partial charge in [0.2, 0.25) is 0 Å². The fourth-order valence-electron chi connectivity index (χ4n) is 2.78. The van der Waals surface area contributed by atoms with Crippen molar-refractivity contribution in [3.8, 4) is 0 Å². The number of ether oxygens (including phenoxy) is 1. The molecule has 0 heterocycles. The molecular formula is C17H21FO3. The van der Waals surface area contributed by atoms with Gasteiger partial charge in [0.05, 0.1) is 0 Å². The van der Waals surface area contributed by atoms with E-state index in [1.54, 1.807) is 13.0 Å². The van der Waals surface area contributed by atoms with Crippen LogP contribution in [0.4, 0.5) is 4.39 Å². The number of halogens is 1. The van der Waals surface area contributed by atoms with Crippen LogP contribution in [0, 0.1) is 11.7 Å². The molecule has 1 atom stereocenters. The van der Waals surface area contributed by atoms with Gasteiger partial charge in [-0.1, -0.05) is 38.3 Å². The van der Waals surface area contributed by atoms with E-state index in [4.69, 9.17) is 4.74 Å². The highest BCUT2D eigenvalue weighted by molar-refractivity contribution is 5.88. The molecule has 1 fully saturated rings. The number of Topliss-reactive ketones (excluding diaryl/α,β-unsaturated/α-hetero) is 1. The molecule has 0 aromatic heterocycles. The van der Waals surface area contributed by atoms with E-state index in [0.29, 0.717) is 5.56 Å². The van der Waals surface area contributed by atoms with Gasteiger partial charge in [-0.2, -0.15) is 0 Å². The molecule has 0 aliphatic heterocycles. The van der Waals surface area contributed by atoms with E-state index < -0.39 is 17.9 Å². The van der Waals surface area contributed by atoms with Crippen molar-refractivity contribution in [1.29, 1.82) is 0 Å². The Kier molecular flexibility index (Phi) is 5.48. The first-order chi connectivity index (χ1) is 10.1. The number of rotatable bonds is 5. The third-order valence-electron chi connectivity index (χ3n) is 3.96. The molecule has 0 amide bonds. The first-order valence-corrected chi connectivity index (χ1v) is 7.60. The lowest BCUT2D eigenvalue weighted by Gasteiger charge is -2.25. The number of hydrogen-bond acceptors (Lipinski definition) is 3. The van der Waals surface area contributed by atoms with Gasteiger partial charge in [0.1, 0.15) is 5.82 Å². The summed E-state index contributed by atoms with van der Waals surface area (Å²) in [6.07, 6.45) is 4.06. The minimum absolute atomic E-state index is 0.0864. The second-order valence-corrected chi connectivity index (χ2v) is 5.52. The van der Waals surface area contributed by atoms with Crippen molar-refractivity contribution in [3.05, 3.63) is 35.6 Å². The van der Waals surface area contributed by atoms with Crippen LogP contribution in [0.3, 0.4) is 0 Å². The first kappa shape index (κ1) is 15.7. The maximum Gasteiger partial charge on any atom is 0.306 e. The minimum atomic E-state index is -0.976. The van der Waals surface area contributed by atoms with Crippen molar-refractivity contribution in [3.63, 3.8) is 0 Å². The van der Waals surface area contributed by atoms with Gasteiger partial charge >= 0.3 is 5.97 Å². The quantitative estimate of drug-likeness (QED) is 0.771. The van der Waals surface area contributed by atoms with Crippen LogP contribution in [0.2, 0.25) is 0 Å². The van der Waals surface area contributed by atoms with E-state index in [9.17, 15) is 14.0 Å². The first-order valence-electron chi connectivity index (χ1n) is 7.60. The molecule has 2 rings (SSSR count). The number of benzene rings is 1. The number of ketones is 1. The molecule has 0 spiro atoms. The Bertz CT molecular complexity index is 507. The van der Waals surface area contributed by atoms with Gasteiger partial charge < -0.3 is 4.74 Å². The molecule has 0 saturated heterocycles. The molecule has 1 aromatic carbocycles. The number of esters is 1. The van der Waals surface area contributed by atoms with Crippen LogP contribution in [-0.2, 0) is 14.3 Å². The number of carbonyl (C=O) groups excluding carboxylic acids is 2. The largest absolute Gasteiger partial charge is 0.449 e. The summed E-state index contributed by atoms with van der Waals surface area (Å²) in [7, 11) is 0. The lowest BCUT2D eigenvalue weighted by Crippen LogP contribution is -2.27. The summed E-state index contributed by atoms with van der Waals surface area (Å²) in [6.45, 7) is 1.68. The van der Waals surface area contributed by atoms with Gasteiger partial charge in [-0.05, 0) is 25.0 Å². The number of hydrogen-bond donors (Lipinski definition) is 0. The molecule has 0 bridgehead atoms. The minimum Gasteiger partial charge on any atom is -0.449 e. The van der Waals surface area contributed by atoms with E-state index in [2.05, 4.69) is 0 Å². The normalized spacial score (nSPS) is 17.2. The lowest BCUT2D eigenvalue weighted by atomic mass is 9.83. The van der Waals surface area contributed by atoms with Crippen molar-refractivity contribution in [1.82, 2.24) is 0 Å². The fraction of sp³-hybridized carbons (Fsp3) is 0.529. The van der Waals surface area contributed by atoms with Crippen LogP contribution >= 0.6 is 0 Å². The molecule has 0 N–H and O–H groups in total. The van der Waals surface area contributed by atoms with Crippen LogP contribution < -0.4 is 0 Å². The lowest BCUT2D eigenvalue weighted by molar-refractivity contribution is -0.157. The van der Waals surface area contributed by atoms with E-state index in [0.717, 1.165) is 32.1 Å². The molecule has 1 saturated carbocycles. The molecule has 0 radical (unpaired) electrons. The summed E-state index contributed by atoms with van der Waals surface area (Å²) in [6, 6.07) is 5.75. The van der Waals surface area contributed by atoms with Crippen LogP contribution in [0.25, 0.3) is 0 Å². The average molecular weight is 292 g/mol. The predicted molar refractivity (Wildman–Crippen MR) is 77.1 cm³/mol. The molecule has 1 aliphatic carbocycles. The topological polar surface area (TPSA) is 43.4 Å². The Labute approximate surface area is 124 Å². The Morgan fingerprint density at radius 2 is 2.00 bits per heavy atom.